The van der Waals surface area contributed by atoms with Crippen LogP contribution in [-0.4, -0.2) is 9.97 Å². The molecule has 0 aliphatic rings. The quantitative estimate of drug-likeness (QED) is 0.637. The largest absolute Gasteiger partial charge is 0.323 e. The van der Waals surface area contributed by atoms with Gasteiger partial charge in [0, 0.05) is 24.6 Å². The van der Waals surface area contributed by atoms with E-state index in [0.29, 0.717) is 0 Å². The zero-order valence-electron chi connectivity index (χ0n) is 11.6. The molecule has 0 saturated heterocycles. The van der Waals surface area contributed by atoms with Crippen LogP contribution in [0.25, 0.3) is 0 Å². The van der Waals surface area contributed by atoms with E-state index in [1.807, 2.05) is 0 Å². The summed E-state index contributed by atoms with van der Waals surface area (Å²) in [5, 5.41) is 0. The number of nitrogens with zero attached hydrogens (tertiary/aromatic N) is 2. The topological polar surface area (TPSA) is 51.8 Å². The molecule has 1 rings (SSSR count). The summed E-state index contributed by atoms with van der Waals surface area (Å²) in [6.45, 7) is 2.26. The third kappa shape index (κ3) is 6.70. The second-order valence-electron chi connectivity index (χ2n) is 5.00. The predicted octanol–water partition coefficient (Wildman–Crippen LogP) is 4.01. The third-order valence-corrected chi connectivity index (χ3v) is 3.33. The van der Waals surface area contributed by atoms with E-state index in [9.17, 15) is 0 Å². The first-order valence-corrected chi connectivity index (χ1v) is 7.36. The summed E-state index contributed by atoms with van der Waals surface area (Å²) in [7, 11) is 0. The van der Waals surface area contributed by atoms with E-state index >= 15 is 0 Å². The minimum Gasteiger partial charge on any atom is -0.323 e. The van der Waals surface area contributed by atoms with Crippen molar-refractivity contribution in [2.45, 2.75) is 70.8 Å². The maximum absolute atomic E-state index is 6.07. The van der Waals surface area contributed by atoms with Crippen molar-refractivity contribution in [2.75, 3.05) is 0 Å². The summed E-state index contributed by atoms with van der Waals surface area (Å²) < 4.78 is 0. The highest BCUT2D eigenvalue weighted by Gasteiger charge is 2.06. The summed E-state index contributed by atoms with van der Waals surface area (Å²) in [4.78, 5) is 8.29. The van der Waals surface area contributed by atoms with Crippen LogP contribution < -0.4 is 5.73 Å². The summed E-state index contributed by atoms with van der Waals surface area (Å²) in [5.74, 6) is 0. The monoisotopic (exact) mass is 249 g/mol. The third-order valence-electron chi connectivity index (χ3n) is 3.33. The first kappa shape index (κ1) is 15.1. The maximum atomic E-state index is 6.07. The minimum absolute atomic E-state index is 0.0544. The average molecular weight is 249 g/mol. The zero-order valence-corrected chi connectivity index (χ0v) is 11.6. The maximum Gasteiger partial charge on any atom is 0.0753 e. The van der Waals surface area contributed by atoms with Crippen LogP contribution in [-0.2, 0) is 0 Å². The van der Waals surface area contributed by atoms with Gasteiger partial charge in [0.05, 0.1) is 5.69 Å². The fourth-order valence-electron chi connectivity index (χ4n) is 2.15. The fraction of sp³-hybridized carbons (Fsp3) is 0.733. The number of nitrogens with two attached hydrogens (primary N) is 1. The van der Waals surface area contributed by atoms with Crippen molar-refractivity contribution in [3.8, 4) is 0 Å². The van der Waals surface area contributed by atoms with Crippen LogP contribution in [0.2, 0.25) is 0 Å². The molecule has 0 aromatic carbocycles. The lowest BCUT2D eigenvalue weighted by Gasteiger charge is -2.09. The lowest BCUT2D eigenvalue weighted by Crippen LogP contribution is -2.12. The molecule has 0 aliphatic carbocycles. The first-order chi connectivity index (χ1) is 8.84. The van der Waals surface area contributed by atoms with E-state index in [-0.39, 0.29) is 6.04 Å². The average Bonchev–Trinajstić information content (AvgIpc) is 2.42. The Morgan fingerprint density at radius 2 is 1.67 bits per heavy atom. The molecule has 3 nitrogen and oxygen atoms in total. The second-order valence-corrected chi connectivity index (χ2v) is 5.00. The van der Waals surface area contributed by atoms with Crippen molar-refractivity contribution >= 4 is 0 Å². The van der Waals surface area contributed by atoms with Crippen LogP contribution in [0, 0.1) is 0 Å². The molecule has 18 heavy (non-hydrogen) atoms. The van der Waals surface area contributed by atoms with Gasteiger partial charge in [0.1, 0.15) is 0 Å². The molecule has 1 aromatic rings. The Labute approximate surface area is 111 Å². The van der Waals surface area contributed by atoms with E-state index in [1.54, 1.807) is 18.6 Å². The molecule has 0 aliphatic heterocycles. The Hall–Kier alpha value is -0.960. The van der Waals surface area contributed by atoms with Crippen molar-refractivity contribution in [3.63, 3.8) is 0 Å². The van der Waals surface area contributed by atoms with Gasteiger partial charge in [-0.05, 0) is 6.42 Å². The van der Waals surface area contributed by atoms with Crippen LogP contribution in [0.3, 0.4) is 0 Å². The molecular formula is C15H27N3. The lowest BCUT2D eigenvalue weighted by molar-refractivity contribution is 0.530. The van der Waals surface area contributed by atoms with E-state index < -0.39 is 0 Å². The van der Waals surface area contributed by atoms with Crippen molar-refractivity contribution in [2.24, 2.45) is 5.73 Å². The number of aromatic nitrogens is 2. The van der Waals surface area contributed by atoms with Crippen LogP contribution >= 0.6 is 0 Å². The molecule has 102 valence electrons. The number of rotatable bonds is 10. The van der Waals surface area contributed by atoms with Crippen LogP contribution in [0.1, 0.15) is 76.4 Å². The minimum atomic E-state index is 0.0544. The lowest BCUT2D eigenvalue weighted by atomic mass is 10.0. The Balaban J connectivity index is 1.98. The zero-order chi connectivity index (χ0) is 13.1. The Kier molecular flexibility index (Phi) is 8.40. The van der Waals surface area contributed by atoms with Gasteiger partial charge in [-0.25, -0.2) is 0 Å². The summed E-state index contributed by atoms with van der Waals surface area (Å²) in [6, 6.07) is 0.0544. The van der Waals surface area contributed by atoms with Gasteiger partial charge in [-0.2, -0.15) is 0 Å². The Morgan fingerprint density at radius 3 is 2.28 bits per heavy atom. The molecule has 0 saturated carbocycles. The second kappa shape index (κ2) is 10.0. The van der Waals surface area contributed by atoms with Gasteiger partial charge in [-0.1, -0.05) is 58.3 Å². The molecule has 3 heteroatoms. The summed E-state index contributed by atoms with van der Waals surface area (Å²) >= 11 is 0. The molecule has 0 spiro atoms. The first-order valence-electron chi connectivity index (χ1n) is 7.36. The van der Waals surface area contributed by atoms with E-state index in [4.69, 9.17) is 5.73 Å². The van der Waals surface area contributed by atoms with Crippen molar-refractivity contribution in [3.05, 3.63) is 24.3 Å². The van der Waals surface area contributed by atoms with Gasteiger partial charge >= 0.3 is 0 Å². The molecule has 0 fully saturated rings. The van der Waals surface area contributed by atoms with Gasteiger partial charge < -0.3 is 5.73 Å². The van der Waals surface area contributed by atoms with Crippen molar-refractivity contribution in [1.82, 2.24) is 9.97 Å². The van der Waals surface area contributed by atoms with Gasteiger partial charge in [-0.3, -0.25) is 9.97 Å². The highest BCUT2D eigenvalue weighted by Crippen LogP contribution is 2.15. The highest BCUT2D eigenvalue weighted by molar-refractivity contribution is 5.00. The smallest absolute Gasteiger partial charge is 0.0753 e. The van der Waals surface area contributed by atoms with Gasteiger partial charge in [0.25, 0.3) is 0 Å². The van der Waals surface area contributed by atoms with E-state index in [2.05, 4.69) is 16.9 Å². The highest BCUT2D eigenvalue weighted by atomic mass is 14.8. The Morgan fingerprint density at radius 1 is 1.00 bits per heavy atom. The molecule has 1 atom stereocenters. The van der Waals surface area contributed by atoms with Crippen LogP contribution in [0.4, 0.5) is 0 Å². The molecule has 0 amide bonds. The van der Waals surface area contributed by atoms with E-state index in [1.165, 1.54) is 51.4 Å². The normalized spacial score (nSPS) is 12.6. The molecule has 1 unspecified atom stereocenters. The molecular weight excluding hydrogens is 222 g/mol. The molecule has 1 heterocycles. The van der Waals surface area contributed by atoms with Gasteiger partial charge in [0.15, 0.2) is 0 Å². The van der Waals surface area contributed by atoms with Crippen LogP contribution in [0.15, 0.2) is 18.6 Å². The molecule has 0 bridgehead atoms. The SMILES string of the molecule is CCCCCCCCCCC(N)c1cnccn1. The fourth-order valence-corrected chi connectivity index (χ4v) is 2.15. The van der Waals surface area contributed by atoms with Crippen LogP contribution in [0.5, 0.6) is 0 Å². The number of hydrogen-bond acceptors (Lipinski definition) is 3. The predicted molar refractivity (Wildman–Crippen MR) is 76.2 cm³/mol. The van der Waals surface area contributed by atoms with Crippen molar-refractivity contribution < 1.29 is 0 Å². The molecule has 1 aromatic heterocycles. The standard InChI is InChI=1S/C15H27N3/c1-2-3-4-5-6-7-8-9-10-14(16)15-13-17-11-12-18-15/h11-14H,2-10,16H2,1H3. The number of hydrogen-bond donors (Lipinski definition) is 1. The molecule has 0 radical (unpaired) electrons. The molecule has 2 N–H and O–H groups in total. The summed E-state index contributed by atoms with van der Waals surface area (Å²) in [5.41, 5.74) is 6.99. The summed E-state index contributed by atoms with van der Waals surface area (Å²) in [6.07, 6.45) is 16.9. The van der Waals surface area contributed by atoms with Gasteiger partial charge in [0.2, 0.25) is 0 Å². The number of unbranched alkanes of at least 4 members (excludes halogenated alkanes) is 7. The Bertz CT molecular complexity index is 287. The van der Waals surface area contributed by atoms with E-state index in [0.717, 1.165) is 12.1 Å². The van der Waals surface area contributed by atoms with Gasteiger partial charge in [-0.15, -0.1) is 0 Å². The van der Waals surface area contributed by atoms with Crippen molar-refractivity contribution in [1.29, 1.82) is 0 Å².